The molecule has 0 radical (unpaired) electrons. The summed E-state index contributed by atoms with van der Waals surface area (Å²) in [6, 6.07) is 7.28. The van der Waals surface area contributed by atoms with Gasteiger partial charge in [0.2, 0.25) is 5.95 Å². The van der Waals surface area contributed by atoms with E-state index in [9.17, 15) is 8.78 Å². The zero-order valence-corrected chi connectivity index (χ0v) is 11.5. The van der Waals surface area contributed by atoms with Crippen molar-refractivity contribution in [1.82, 2.24) is 19.7 Å². The van der Waals surface area contributed by atoms with Gasteiger partial charge >= 0.3 is 0 Å². The highest BCUT2D eigenvalue weighted by Gasteiger charge is 2.24. The van der Waals surface area contributed by atoms with Gasteiger partial charge in [-0.2, -0.15) is 9.78 Å². The number of nitrogens with one attached hydrogen (secondary N) is 1. The van der Waals surface area contributed by atoms with E-state index in [2.05, 4.69) is 15.1 Å². The third kappa shape index (κ3) is 2.05. The van der Waals surface area contributed by atoms with Gasteiger partial charge in [0, 0.05) is 5.56 Å². The van der Waals surface area contributed by atoms with Crippen molar-refractivity contribution < 1.29 is 8.78 Å². The van der Waals surface area contributed by atoms with Crippen LogP contribution in [0.4, 0.5) is 8.78 Å². The second kappa shape index (κ2) is 5.03. The van der Waals surface area contributed by atoms with E-state index in [0.29, 0.717) is 5.52 Å². The molecule has 0 aliphatic heterocycles. The summed E-state index contributed by atoms with van der Waals surface area (Å²) in [7, 11) is 0. The maximum atomic E-state index is 12.9. The Bertz CT molecular complexity index is 733. The van der Waals surface area contributed by atoms with Crippen molar-refractivity contribution in [2.75, 3.05) is 0 Å². The molecule has 1 aromatic carbocycles. The molecule has 0 unspecified atom stereocenters. The minimum Gasteiger partial charge on any atom is -0.322 e. The van der Waals surface area contributed by atoms with Gasteiger partial charge in [0.05, 0.1) is 16.9 Å². The molecule has 0 saturated heterocycles. The van der Waals surface area contributed by atoms with Crippen LogP contribution in [0.5, 0.6) is 0 Å². The summed E-state index contributed by atoms with van der Waals surface area (Å²) in [5, 5.41) is 3.84. The molecule has 0 fully saturated rings. The molecule has 0 spiro atoms. The Morgan fingerprint density at radius 3 is 2.65 bits per heavy atom. The Labute approximate surface area is 122 Å². The summed E-state index contributed by atoms with van der Waals surface area (Å²) in [4.78, 5) is 7.24. The molecule has 3 rings (SSSR count). The second-order valence-corrected chi connectivity index (χ2v) is 4.70. The van der Waals surface area contributed by atoms with E-state index in [4.69, 9.17) is 23.2 Å². The molecule has 0 atom stereocenters. The molecular weight excluding hydrogens is 309 g/mol. The third-order valence-electron chi connectivity index (χ3n) is 2.87. The van der Waals surface area contributed by atoms with Crippen LogP contribution >= 0.6 is 23.2 Å². The van der Waals surface area contributed by atoms with Crippen molar-refractivity contribution >= 4 is 34.2 Å². The molecule has 0 aliphatic rings. The summed E-state index contributed by atoms with van der Waals surface area (Å²) < 4.78 is 26.9. The highest BCUT2D eigenvalue weighted by molar-refractivity contribution is 6.31. The van der Waals surface area contributed by atoms with Gasteiger partial charge < -0.3 is 4.98 Å². The highest BCUT2D eigenvalue weighted by atomic mass is 35.5. The first-order valence-corrected chi connectivity index (χ1v) is 6.59. The molecule has 4 nitrogen and oxygen atoms in total. The van der Waals surface area contributed by atoms with Crippen molar-refractivity contribution in [3.05, 3.63) is 40.7 Å². The van der Waals surface area contributed by atoms with Crippen LogP contribution < -0.4 is 0 Å². The van der Waals surface area contributed by atoms with Crippen LogP contribution in [0.25, 0.3) is 17.0 Å². The minimum absolute atomic E-state index is 0.0364. The van der Waals surface area contributed by atoms with Crippen LogP contribution in [-0.4, -0.2) is 19.7 Å². The molecule has 3 aromatic rings. The molecule has 8 heteroatoms. The number of para-hydroxylation sites is 2. The number of aromatic nitrogens is 4. The minimum atomic E-state index is -2.74. The lowest BCUT2D eigenvalue weighted by Crippen LogP contribution is -1.99. The molecule has 1 N–H and O–H groups in total. The standard InChI is InChI=1S/C12H8Cl2F2N4/c13-5-6-9(11(15)16)19-20(10(6)14)12-17-7-3-1-2-4-8(7)18-12/h1-4,11H,5H2,(H,17,18). The van der Waals surface area contributed by atoms with Crippen LogP contribution in [-0.2, 0) is 5.88 Å². The molecular formula is C12H8Cl2F2N4. The number of halogens is 4. The van der Waals surface area contributed by atoms with Crippen LogP contribution in [0.3, 0.4) is 0 Å². The molecule has 2 heterocycles. The summed E-state index contributed by atoms with van der Waals surface area (Å²) >= 11 is 11.7. The van der Waals surface area contributed by atoms with Crippen LogP contribution in [0, 0.1) is 0 Å². The second-order valence-electron chi connectivity index (χ2n) is 4.08. The number of fused-ring (bicyclic) bond motifs is 1. The maximum absolute atomic E-state index is 12.9. The molecule has 2 aromatic heterocycles. The van der Waals surface area contributed by atoms with Crippen LogP contribution in [0.1, 0.15) is 17.7 Å². The lowest BCUT2D eigenvalue weighted by Gasteiger charge is -1.97. The number of imidazole rings is 1. The largest absolute Gasteiger partial charge is 0.322 e. The highest BCUT2D eigenvalue weighted by Crippen LogP contribution is 2.30. The summed E-state index contributed by atoms with van der Waals surface area (Å²) in [5.74, 6) is 0.133. The average Bonchev–Trinajstić information content (AvgIpc) is 2.98. The fraction of sp³-hybridized carbons (Fsp3) is 0.167. The van der Waals surface area contributed by atoms with Crippen molar-refractivity contribution in [2.45, 2.75) is 12.3 Å². The Hall–Kier alpha value is -1.66. The Morgan fingerprint density at radius 1 is 1.30 bits per heavy atom. The van der Waals surface area contributed by atoms with E-state index in [1.54, 1.807) is 6.07 Å². The zero-order chi connectivity index (χ0) is 14.3. The number of nitrogens with zero attached hydrogens (tertiary/aromatic N) is 3. The number of rotatable bonds is 3. The first kappa shape index (κ1) is 13.3. The quantitative estimate of drug-likeness (QED) is 0.740. The Morgan fingerprint density at radius 2 is 2.05 bits per heavy atom. The van der Waals surface area contributed by atoms with Crippen molar-refractivity contribution in [3.8, 4) is 5.95 Å². The summed E-state index contributed by atoms with van der Waals surface area (Å²) in [6.07, 6.45) is -2.74. The first-order valence-electron chi connectivity index (χ1n) is 5.68. The van der Waals surface area contributed by atoms with E-state index < -0.39 is 12.1 Å². The van der Waals surface area contributed by atoms with Crippen molar-refractivity contribution in [2.24, 2.45) is 0 Å². The van der Waals surface area contributed by atoms with Gasteiger partial charge in [0.15, 0.2) is 0 Å². The predicted molar refractivity (Wildman–Crippen MR) is 72.7 cm³/mol. The number of H-pyrrole nitrogens is 1. The van der Waals surface area contributed by atoms with Gasteiger partial charge in [-0.05, 0) is 12.1 Å². The van der Waals surface area contributed by atoms with Crippen molar-refractivity contribution in [1.29, 1.82) is 0 Å². The number of hydrogen-bond acceptors (Lipinski definition) is 2. The number of alkyl halides is 3. The fourth-order valence-corrected chi connectivity index (χ4v) is 2.54. The molecule has 0 bridgehead atoms. The van der Waals surface area contributed by atoms with Gasteiger partial charge in [-0.25, -0.2) is 13.8 Å². The summed E-state index contributed by atoms with van der Waals surface area (Å²) in [5.41, 5.74) is 1.15. The lowest BCUT2D eigenvalue weighted by molar-refractivity contribution is 0.144. The first-order chi connectivity index (χ1) is 9.61. The maximum Gasteiger partial charge on any atom is 0.282 e. The number of benzene rings is 1. The smallest absolute Gasteiger partial charge is 0.282 e. The van der Waals surface area contributed by atoms with Gasteiger partial charge in [-0.15, -0.1) is 11.6 Å². The van der Waals surface area contributed by atoms with E-state index in [1.807, 2.05) is 18.2 Å². The molecule has 104 valence electrons. The van der Waals surface area contributed by atoms with Gasteiger partial charge in [-0.3, -0.25) is 0 Å². The van der Waals surface area contributed by atoms with Crippen molar-refractivity contribution in [3.63, 3.8) is 0 Å². The number of aromatic amines is 1. The predicted octanol–water partition coefficient (Wildman–Crippen LogP) is 4.08. The number of hydrogen-bond donors (Lipinski definition) is 1. The van der Waals surface area contributed by atoms with Crippen LogP contribution in [0.15, 0.2) is 24.3 Å². The molecule has 0 aliphatic carbocycles. The SMILES string of the molecule is FC(F)c1nn(-c2nc3ccccc3[nH]2)c(Cl)c1CCl. The van der Waals surface area contributed by atoms with Gasteiger partial charge in [0.1, 0.15) is 10.8 Å². The Kier molecular flexibility index (Phi) is 3.35. The lowest BCUT2D eigenvalue weighted by atomic mass is 10.3. The Balaban J connectivity index is 2.18. The van der Waals surface area contributed by atoms with E-state index >= 15 is 0 Å². The van der Waals surface area contributed by atoms with Gasteiger partial charge in [-0.1, -0.05) is 23.7 Å². The van der Waals surface area contributed by atoms with Gasteiger partial charge in [0.25, 0.3) is 6.43 Å². The molecule has 0 saturated carbocycles. The molecule has 20 heavy (non-hydrogen) atoms. The van der Waals surface area contributed by atoms with E-state index in [0.717, 1.165) is 10.2 Å². The fourth-order valence-electron chi connectivity index (χ4n) is 1.92. The van der Waals surface area contributed by atoms with Crippen LogP contribution in [0.2, 0.25) is 5.15 Å². The van der Waals surface area contributed by atoms with E-state index in [1.165, 1.54) is 0 Å². The average molecular weight is 317 g/mol. The normalized spacial score (nSPS) is 11.7. The summed E-state index contributed by atoms with van der Waals surface area (Å²) in [6.45, 7) is 0. The van der Waals surface area contributed by atoms with E-state index in [-0.39, 0.29) is 22.5 Å². The topological polar surface area (TPSA) is 46.5 Å². The third-order valence-corrected chi connectivity index (χ3v) is 3.53. The monoisotopic (exact) mass is 316 g/mol. The molecule has 0 amide bonds. The zero-order valence-electron chi connectivity index (χ0n) is 9.95.